The fraction of sp³-hybridized carbons (Fsp3) is 0.133. The lowest BCUT2D eigenvalue weighted by atomic mass is 10.1. The minimum atomic E-state index is -0.220. The first-order valence-electron chi connectivity index (χ1n) is 12.6. The molecular formula is C30H24ClN5O2S. The van der Waals surface area contributed by atoms with Gasteiger partial charge in [0.05, 0.1) is 16.8 Å². The quantitative estimate of drug-likeness (QED) is 0.214. The number of aromatic nitrogens is 5. The third kappa shape index (κ3) is 5.21. The van der Waals surface area contributed by atoms with Gasteiger partial charge in [-0.15, -0.1) is 5.10 Å². The van der Waals surface area contributed by atoms with Crippen LogP contribution in [0.1, 0.15) is 25.3 Å². The van der Waals surface area contributed by atoms with Crippen molar-refractivity contribution in [2.45, 2.75) is 19.8 Å². The molecule has 0 unspecified atom stereocenters. The summed E-state index contributed by atoms with van der Waals surface area (Å²) in [6.45, 7) is 2.82. The van der Waals surface area contributed by atoms with E-state index < -0.39 is 0 Å². The molecule has 9 heteroatoms. The minimum absolute atomic E-state index is 0.220. The molecule has 0 saturated carbocycles. The molecule has 0 spiro atoms. The van der Waals surface area contributed by atoms with Gasteiger partial charge in [-0.2, -0.15) is 14.6 Å². The van der Waals surface area contributed by atoms with Gasteiger partial charge in [-0.3, -0.25) is 4.79 Å². The topological polar surface area (TPSA) is 74.3 Å². The van der Waals surface area contributed by atoms with E-state index in [1.165, 1.54) is 15.9 Å². The normalized spacial score (nSPS) is 11.9. The highest BCUT2D eigenvalue weighted by atomic mass is 35.5. The molecule has 0 saturated heterocycles. The molecule has 3 heterocycles. The summed E-state index contributed by atoms with van der Waals surface area (Å²) in [4.78, 5) is 18.5. The van der Waals surface area contributed by atoms with Crippen molar-refractivity contribution in [1.29, 1.82) is 0 Å². The molecule has 0 aliphatic carbocycles. The molecule has 7 nitrogen and oxygen atoms in total. The van der Waals surface area contributed by atoms with Crippen LogP contribution in [0.2, 0.25) is 5.02 Å². The van der Waals surface area contributed by atoms with Crippen molar-refractivity contribution < 1.29 is 4.74 Å². The highest BCUT2D eigenvalue weighted by Crippen LogP contribution is 2.26. The monoisotopic (exact) mass is 553 g/mol. The maximum atomic E-state index is 13.3. The van der Waals surface area contributed by atoms with Crippen LogP contribution >= 0.6 is 22.9 Å². The average Bonchev–Trinajstić information content (AvgIpc) is 3.65. The number of unbranched alkanes of at least 4 members (excludes halogenated alkanes) is 1. The molecule has 39 heavy (non-hydrogen) atoms. The third-order valence-corrected chi connectivity index (χ3v) is 7.44. The van der Waals surface area contributed by atoms with Gasteiger partial charge in [-0.25, -0.2) is 4.68 Å². The van der Waals surface area contributed by atoms with Crippen molar-refractivity contribution in [1.82, 2.24) is 24.4 Å². The molecule has 3 aromatic heterocycles. The summed E-state index contributed by atoms with van der Waals surface area (Å²) in [5, 5.41) is 9.98. The second-order valence-corrected chi connectivity index (χ2v) is 10.4. The lowest BCUT2D eigenvalue weighted by Crippen LogP contribution is -2.23. The van der Waals surface area contributed by atoms with Gasteiger partial charge < -0.3 is 4.74 Å². The van der Waals surface area contributed by atoms with E-state index in [1.54, 1.807) is 0 Å². The zero-order chi connectivity index (χ0) is 26.8. The van der Waals surface area contributed by atoms with Crippen molar-refractivity contribution in [2.75, 3.05) is 6.61 Å². The van der Waals surface area contributed by atoms with Crippen molar-refractivity contribution in [3.8, 4) is 34.1 Å². The van der Waals surface area contributed by atoms with E-state index in [0.29, 0.717) is 26.9 Å². The van der Waals surface area contributed by atoms with E-state index in [4.69, 9.17) is 21.4 Å². The number of para-hydroxylation sites is 1. The number of halogens is 1. The van der Waals surface area contributed by atoms with E-state index in [-0.39, 0.29) is 5.56 Å². The largest absolute Gasteiger partial charge is 0.494 e. The molecule has 0 bridgehead atoms. The number of ether oxygens (including phenoxy) is 1. The van der Waals surface area contributed by atoms with E-state index >= 15 is 0 Å². The highest BCUT2D eigenvalue weighted by molar-refractivity contribution is 7.15. The van der Waals surface area contributed by atoms with Crippen LogP contribution in [0, 0.1) is 0 Å². The molecule has 0 amide bonds. The highest BCUT2D eigenvalue weighted by Gasteiger charge is 2.15. The Bertz CT molecular complexity index is 1840. The van der Waals surface area contributed by atoms with Gasteiger partial charge in [0, 0.05) is 27.9 Å². The molecule has 194 valence electrons. The molecule has 3 aromatic carbocycles. The van der Waals surface area contributed by atoms with Crippen LogP contribution in [0.3, 0.4) is 0 Å². The van der Waals surface area contributed by atoms with Gasteiger partial charge in [0.25, 0.3) is 5.56 Å². The van der Waals surface area contributed by atoms with Crippen LogP contribution < -0.4 is 14.8 Å². The Kier molecular flexibility index (Phi) is 6.96. The number of benzene rings is 3. The second-order valence-electron chi connectivity index (χ2n) is 8.99. The fourth-order valence-electron chi connectivity index (χ4n) is 4.17. The predicted octanol–water partition coefficient (Wildman–Crippen LogP) is 6.05. The Morgan fingerprint density at radius 1 is 0.949 bits per heavy atom. The van der Waals surface area contributed by atoms with Crippen LogP contribution in [0.5, 0.6) is 5.75 Å². The van der Waals surface area contributed by atoms with Crippen LogP contribution in [0.15, 0.2) is 89.9 Å². The van der Waals surface area contributed by atoms with E-state index in [0.717, 1.165) is 46.7 Å². The van der Waals surface area contributed by atoms with Gasteiger partial charge in [-0.1, -0.05) is 66.6 Å². The van der Waals surface area contributed by atoms with E-state index in [2.05, 4.69) is 17.0 Å². The Morgan fingerprint density at radius 2 is 1.69 bits per heavy atom. The maximum absolute atomic E-state index is 13.3. The summed E-state index contributed by atoms with van der Waals surface area (Å²) in [6, 6.07) is 25.0. The van der Waals surface area contributed by atoms with Crippen molar-refractivity contribution in [3.63, 3.8) is 0 Å². The molecule has 0 atom stereocenters. The zero-order valence-electron chi connectivity index (χ0n) is 21.1. The number of nitrogens with zero attached hydrogens (tertiary/aromatic N) is 5. The predicted molar refractivity (Wildman–Crippen MR) is 156 cm³/mol. The lowest BCUT2D eigenvalue weighted by molar-refractivity contribution is 0.309. The van der Waals surface area contributed by atoms with Crippen LogP contribution in [-0.2, 0) is 0 Å². The Balaban J connectivity index is 1.37. The Hall–Kier alpha value is -4.27. The molecular weight excluding hydrogens is 530 g/mol. The Morgan fingerprint density at radius 3 is 2.41 bits per heavy atom. The van der Waals surface area contributed by atoms with Crippen molar-refractivity contribution >= 4 is 34.0 Å². The number of thiazole rings is 1. The minimum Gasteiger partial charge on any atom is -0.494 e. The molecule has 0 aliphatic rings. The summed E-state index contributed by atoms with van der Waals surface area (Å²) in [7, 11) is 0. The van der Waals surface area contributed by atoms with Gasteiger partial charge in [0.2, 0.25) is 4.96 Å². The van der Waals surface area contributed by atoms with E-state index in [1.807, 2.05) is 95.8 Å². The molecule has 0 N–H and O–H groups in total. The zero-order valence-corrected chi connectivity index (χ0v) is 22.7. The summed E-state index contributed by atoms with van der Waals surface area (Å²) in [5.41, 5.74) is 3.98. The molecule has 0 fully saturated rings. The summed E-state index contributed by atoms with van der Waals surface area (Å²) in [5.74, 6) is 1.31. The first-order valence-corrected chi connectivity index (χ1v) is 13.8. The van der Waals surface area contributed by atoms with Gasteiger partial charge >= 0.3 is 0 Å². The Labute approximate surface area is 233 Å². The number of fused-ring (bicyclic) bond motifs is 1. The number of hydrogen-bond acceptors (Lipinski definition) is 6. The fourth-order valence-corrected chi connectivity index (χ4v) is 5.19. The summed E-state index contributed by atoms with van der Waals surface area (Å²) < 4.78 is 9.44. The van der Waals surface area contributed by atoms with Gasteiger partial charge in [0.1, 0.15) is 11.4 Å². The van der Waals surface area contributed by atoms with Crippen LogP contribution in [-0.4, -0.2) is 31.0 Å². The van der Waals surface area contributed by atoms with Crippen molar-refractivity contribution in [3.05, 3.63) is 111 Å². The maximum Gasteiger partial charge on any atom is 0.291 e. The third-order valence-electron chi connectivity index (χ3n) is 6.23. The van der Waals surface area contributed by atoms with Gasteiger partial charge in [-0.05, 0) is 61.0 Å². The van der Waals surface area contributed by atoms with Crippen LogP contribution in [0.25, 0.3) is 39.4 Å². The first kappa shape index (κ1) is 25.0. The average molecular weight is 554 g/mol. The standard InChI is InChI=1S/C30H24ClN5O2S/c1-2-3-17-38-25-15-11-21(12-16-25)28-32-30-36(34-28)29(37)26(39-30)18-22-19-35(24-7-5-4-6-8-24)33-27(22)20-9-13-23(31)14-10-20/h4-16,18-19H,2-3,17H2,1H3/b26-18-. The molecule has 0 radical (unpaired) electrons. The number of rotatable bonds is 8. The summed E-state index contributed by atoms with van der Waals surface area (Å²) in [6.07, 6.45) is 5.87. The van der Waals surface area contributed by atoms with Crippen LogP contribution in [0.4, 0.5) is 0 Å². The summed E-state index contributed by atoms with van der Waals surface area (Å²) >= 11 is 7.42. The lowest BCUT2D eigenvalue weighted by Gasteiger charge is -2.05. The number of hydrogen-bond donors (Lipinski definition) is 0. The first-order chi connectivity index (χ1) is 19.1. The van der Waals surface area contributed by atoms with Gasteiger partial charge in [0.15, 0.2) is 5.82 Å². The smallest absolute Gasteiger partial charge is 0.291 e. The van der Waals surface area contributed by atoms with Crippen molar-refractivity contribution in [2.24, 2.45) is 0 Å². The molecule has 6 rings (SSSR count). The molecule has 0 aliphatic heterocycles. The van der Waals surface area contributed by atoms with E-state index in [9.17, 15) is 4.79 Å². The SMILES string of the molecule is CCCCOc1ccc(-c2nc3s/c(=C\c4cn(-c5ccccc5)nc4-c4ccc(Cl)cc4)c(=O)n3n2)cc1. The molecule has 6 aromatic rings. The second kappa shape index (κ2) is 10.8.